The van der Waals surface area contributed by atoms with Gasteiger partial charge in [-0.1, -0.05) is 60.7 Å². The third kappa shape index (κ3) is 2.41. The Morgan fingerprint density at radius 1 is 0.750 bits per heavy atom. The van der Waals surface area contributed by atoms with E-state index in [1.54, 1.807) is 0 Å². The van der Waals surface area contributed by atoms with E-state index in [0.717, 1.165) is 22.2 Å². The molecule has 0 heterocycles. The van der Waals surface area contributed by atoms with Gasteiger partial charge >= 0.3 is 0 Å². The number of carbonyl (C=O) groups excluding carboxylic acids is 1. The number of nitrogens with two attached hydrogens (primary N) is 1. The fourth-order valence-corrected chi connectivity index (χ4v) is 3.03. The van der Waals surface area contributed by atoms with Crippen molar-refractivity contribution in [1.82, 2.24) is 0 Å². The summed E-state index contributed by atoms with van der Waals surface area (Å²) >= 11 is 0. The first-order valence-corrected chi connectivity index (χ1v) is 7.79. The molecule has 0 amide bonds. The van der Waals surface area contributed by atoms with E-state index in [1.807, 2.05) is 42.5 Å². The SMILES string of the molecule is NNc1cccc2cc3ccccc3cc12.O=C1C2=CC=C1C=C2. The zero-order valence-electron chi connectivity index (χ0n) is 13.0. The van der Waals surface area contributed by atoms with Gasteiger partial charge in [-0.15, -0.1) is 0 Å². The number of rotatable bonds is 1. The molecule has 0 atom stereocenters. The molecule has 3 nitrogen and oxygen atoms in total. The summed E-state index contributed by atoms with van der Waals surface area (Å²) in [6, 6.07) is 18.8. The highest BCUT2D eigenvalue weighted by molar-refractivity contribution is 6.17. The Labute approximate surface area is 139 Å². The molecule has 0 unspecified atom stereocenters. The van der Waals surface area contributed by atoms with Crippen molar-refractivity contribution in [2.24, 2.45) is 5.84 Å². The number of ketones is 1. The highest BCUT2D eigenvalue weighted by Gasteiger charge is 2.19. The summed E-state index contributed by atoms with van der Waals surface area (Å²) in [4.78, 5) is 10.8. The number of Topliss-reactive ketones (excluding diaryl/α,β-unsaturated/α-hetero) is 1. The summed E-state index contributed by atoms with van der Waals surface area (Å²) in [6.07, 6.45) is 7.38. The van der Waals surface area contributed by atoms with Gasteiger partial charge in [-0.2, -0.15) is 0 Å². The Kier molecular flexibility index (Phi) is 3.48. The second-order valence-electron chi connectivity index (χ2n) is 5.78. The van der Waals surface area contributed by atoms with Crippen LogP contribution in [0.25, 0.3) is 21.5 Å². The number of fused-ring (bicyclic) bond motifs is 4. The van der Waals surface area contributed by atoms with E-state index >= 15 is 0 Å². The van der Waals surface area contributed by atoms with Gasteiger partial charge in [0, 0.05) is 16.5 Å². The Morgan fingerprint density at radius 2 is 1.38 bits per heavy atom. The summed E-state index contributed by atoms with van der Waals surface area (Å²) in [5.74, 6) is 5.70. The minimum atomic E-state index is 0.185. The molecule has 0 aliphatic heterocycles. The summed E-state index contributed by atoms with van der Waals surface area (Å²) in [7, 11) is 0. The first kappa shape index (κ1) is 14.4. The number of hydrogen-bond acceptors (Lipinski definition) is 3. The van der Waals surface area contributed by atoms with Gasteiger partial charge in [-0.3, -0.25) is 10.6 Å². The molecule has 3 heteroatoms. The second-order valence-corrected chi connectivity index (χ2v) is 5.78. The van der Waals surface area contributed by atoms with Crippen molar-refractivity contribution in [1.29, 1.82) is 0 Å². The number of hydrogen-bond donors (Lipinski definition) is 2. The van der Waals surface area contributed by atoms with Crippen LogP contribution in [-0.4, -0.2) is 5.78 Å². The van der Waals surface area contributed by atoms with Crippen LogP contribution in [0.2, 0.25) is 0 Å². The van der Waals surface area contributed by atoms with E-state index < -0.39 is 0 Å². The molecule has 5 rings (SSSR count). The van der Waals surface area contributed by atoms with Gasteiger partial charge in [0.15, 0.2) is 5.78 Å². The maximum Gasteiger partial charge on any atom is 0.193 e. The standard InChI is InChI=1S/C14H12N2.C7H4O/c15-16-14-7-3-6-12-8-10-4-1-2-5-11(10)9-13(12)14;8-7-5-1-2-6(7)4-3-5/h1-9,16H,15H2;1-4H. The van der Waals surface area contributed by atoms with Gasteiger partial charge < -0.3 is 5.43 Å². The summed E-state index contributed by atoms with van der Waals surface area (Å²) < 4.78 is 0. The monoisotopic (exact) mass is 312 g/mol. The number of nitrogen functional groups attached to an aromatic ring is 1. The molecule has 24 heavy (non-hydrogen) atoms. The molecule has 0 saturated heterocycles. The summed E-state index contributed by atoms with van der Waals surface area (Å²) in [5, 5.41) is 4.85. The lowest BCUT2D eigenvalue weighted by molar-refractivity contribution is -0.111. The van der Waals surface area contributed by atoms with Gasteiger partial charge in [-0.05, 0) is 34.4 Å². The van der Waals surface area contributed by atoms with E-state index in [1.165, 1.54) is 16.2 Å². The number of allylic oxidation sites excluding steroid dienone is 6. The van der Waals surface area contributed by atoms with Crippen LogP contribution in [0, 0.1) is 0 Å². The average Bonchev–Trinajstić information content (AvgIpc) is 3.17. The molecule has 2 bridgehead atoms. The van der Waals surface area contributed by atoms with Crippen LogP contribution in [-0.2, 0) is 4.79 Å². The number of nitrogens with one attached hydrogen (secondary N) is 1. The van der Waals surface area contributed by atoms with Crippen molar-refractivity contribution in [3.8, 4) is 0 Å². The van der Waals surface area contributed by atoms with Crippen molar-refractivity contribution in [3.05, 3.63) is 90.0 Å². The zero-order chi connectivity index (χ0) is 16.5. The first-order valence-electron chi connectivity index (χ1n) is 7.79. The van der Waals surface area contributed by atoms with Crippen molar-refractivity contribution in [3.63, 3.8) is 0 Å². The maximum atomic E-state index is 10.8. The quantitative estimate of drug-likeness (QED) is 0.401. The van der Waals surface area contributed by atoms with Gasteiger partial charge in [0.25, 0.3) is 0 Å². The van der Waals surface area contributed by atoms with Gasteiger partial charge in [-0.25, -0.2) is 0 Å². The highest BCUT2D eigenvalue weighted by Crippen LogP contribution is 2.27. The van der Waals surface area contributed by atoms with Crippen LogP contribution in [0.5, 0.6) is 0 Å². The van der Waals surface area contributed by atoms with Crippen LogP contribution in [0.3, 0.4) is 0 Å². The van der Waals surface area contributed by atoms with E-state index in [9.17, 15) is 4.79 Å². The predicted molar refractivity (Wildman–Crippen MR) is 99.6 cm³/mol. The van der Waals surface area contributed by atoms with E-state index in [0.29, 0.717) is 0 Å². The molecular weight excluding hydrogens is 296 g/mol. The molecular formula is C21H16N2O. The molecule has 0 aromatic heterocycles. The second kappa shape index (κ2) is 5.80. The molecule has 0 fully saturated rings. The fourth-order valence-electron chi connectivity index (χ4n) is 3.03. The molecule has 116 valence electrons. The third-order valence-electron chi connectivity index (χ3n) is 4.31. The number of benzene rings is 3. The van der Waals surface area contributed by atoms with Crippen LogP contribution in [0.15, 0.2) is 90.0 Å². The third-order valence-corrected chi connectivity index (χ3v) is 4.31. The van der Waals surface area contributed by atoms with Crippen LogP contribution < -0.4 is 11.3 Å². The minimum Gasteiger partial charge on any atom is -0.324 e. The van der Waals surface area contributed by atoms with E-state index in [4.69, 9.17) is 5.84 Å². The lowest BCUT2D eigenvalue weighted by Crippen LogP contribution is -2.06. The maximum absolute atomic E-state index is 10.8. The van der Waals surface area contributed by atoms with Crippen molar-refractivity contribution in [2.75, 3.05) is 5.43 Å². The van der Waals surface area contributed by atoms with Gasteiger partial charge in [0.1, 0.15) is 0 Å². The molecule has 3 aromatic carbocycles. The number of hydrazine groups is 1. The first-order chi connectivity index (χ1) is 11.8. The molecule has 3 aromatic rings. The van der Waals surface area contributed by atoms with E-state index in [-0.39, 0.29) is 5.78 Å². The van der Waals surface area contributed by atoms with E-state index in [2.05, 4.69) is 41.8 Å². The molecule has 0 radical (unpaired) electrons. The van der Waals surface area contributed by atoms with Crippen LogP contribution >= 0.6 is 0 Å². The topological polar surface area (TPSA) is 55.1 Å². The van der Waals surface area contributed by atoms with Crippen molar-refractivity contribution >= 4 is 33.0 Å². The smallest absolute Gasteiger partial charge is 0.193 e. The molecule has 2 aliphatic rings. The summed E-state index contributed by atoms with van der Waals surface area (Å²) in [5.41, 5.74) is 5.36. The molecule has 0 spiro atoms. The predicted octanol–water partition coefficient (Wildman–Crippen LogP) is 4.27. The highest BCUT2D eigenvalue weighted by atomic mass is 16.1. The van der Waals surface area contributed by atoms with Crippen LogP contribution in [0.4, 0.5) is 5.69 Å². The van der Waals surface area contributed by atoms with Crippen molar-refractivity contribution in [2.45, 2.75) is 0 Å². The fraction of sp³-hybridized carbons (Fsp3) is 0. The normalized spacial score (nSPS) is 14.5. The minimum absolute atomic E-state index is 0.185. The average molecular weight is 312 g/mol. The molecule has 0 saturated carbocycles. The molecule has 3 N–H and O–H groups in total. The number of carbonyl (C=O) groups is 1. The van der Waals surface area contributed by atoms with Gasteiger partial charge in [0.05, 0.1) is 5.69 Å². The Balaban J connectivity index is 0.000000152. The van der Waals surface area contributed by atoms with Gasteiger partial charge in [0.2, 0.25) is 0 Å². The Hall–Kier alpha value is -3.17. The summed E-state index contributed by atoms with van der Waals surface area (Å²) in [6.45, 7) is 0. The van der Waals surface area contributed by atoms with Crippen molar-refractivity contribution < 1.29 is 4.79 Å². The lowest BCUT2D eigenvalue weighted by atomic mass is 10.0. The zero-order valence-corrected chi connectivity index (χ0v) is 13.0. The Bertz CT molecular complexity index is 1030. The van der Waals surface area contributed by atoms with Crippen LogP contribution in [0.1, 0.15) is 0 Å². The Morgan fingerprint density at radius 3 is 1.92 bits per heavy atom. The largest absolute Gasteiger partial charge is 0.324 e. The number of anilines is 1. The lowest BCUT2D eigenvalue weighted by Gasteiger charge is -2.07. The molecule has 2 aliphatic carbocycles.